The number of nitrogens with one attached hydrogen (secondary N) is 1. The maximum atomic E-state index is 12.1. The largest absolute Gasteiger partial charge is 0.380 e. The van der Waals surface area contributed by atoms with E-state index in [1.807, 2.05) is 19.9 Å². The van der Waals surface area contributed by atoms with Gasteiger partial charge in [-0.1, -0.05) is 19.9 Å². The molecule has 0 bridgehead atoms. The van der Waals surface area contributed by atoms with Crippen LogP contribution in [0.4, 0.5) is 0 Å². The fraction of sp³-hybridized carbons (Fsp3) is 0.833. The Kier molecular flexibility index (Phi) is 6.28. The first kappa shape index (κ1) is 15.6. The highest BCUT2D eigenvalue weighted by molar-refractivity contribution is 7.89. The van der Waals surface area contributed by atoms with E-state index in [1.165, 1.54) is 5.57 Å². The first-order valence-electron chi connectivity index (χ1n) is 6.33. The van der Waals surface area contributed by atoms with Gasteiger partial charge in [0.2, 0.25) is 10.0 Å². The van der Waals surface area contributed by atoms with Crippen molar-refractivity contribution in [2.45, 2.75) is 26.3 Å². The Bertz CT molecular complexity index is 377. The molecule has 0 aromatic rings. The molecule has 1 N–H and O–H groups in total. The smallest absolute Gasteiger partial charge is 0.215 e. The summed E-state index contributed by atoms with van der Waals surface area (Å²) in [6.07, 6.45) is 2.73. The Labute approximate surface area is 110 Å². The number of methoxy groups -OCH3 is 1. The lowest BCUT2D eigenvalue weighted by Crippen LogP contribution is -2.40. The minimum Gasteiger partial charge on any atom is -0.380 e. The molecular weight excluding hydrogens is 252 g/mol. The first-order chi connectivity index (χ1) is 8.45. The van der Waals surface area contributed by atoms with Gasteiger partial charge in [0, 0.05) is 32.8 Å². The van der Waals surface area contributed by atoms with E-state index in [1.54, 1.807) is 11.4 Å². The van der Waals surface area contributed by atoms with Crippen molar-refractivity contribution in [1.29, 1.82) is 0 Å². The monoisotopic (exact) mass is 276 g/mol. The van der Waals surface area contributed by atoms with E-state index in [9.17, 15) is 8.42 Å². The molecule has 0 fully saturated rings. The number of nitrogens with zero attached hydrogens (tertiary/aromatic N) is 1. The lowest BCUT2D eigenvalue weighted by atomic mass is 10.1. The maximum Gasteiger partial charge on any atom is 0.215 e. The minimum absolute atomic E-state index is 0.165. The van der Waals surface area contributed by atoms with Crippen LogP contribution in [0.15, 0.2) is 11.6 Å². The zero-order valence-corrected chi connectivity index (χ0v) is 12.3. The van der Waals surface area contributed by atoms with Crippen LogP contribution < -0.4 is 5.32 Å². The van der Waals surface area contributed by atoms with E-state index in [0.717, 1.165) is 6.42 Å². The van der Waals surface area contributed by atoms with Gasteiger partial charge in [0.25, 0.3) is 0 Å². The second-order valence-corrected chi connectivity index (χ2v) is 6.92. The van der Waals surface area contributed by atoms with Gasteiger partial charge in [-0.05, 0) is 12.0 Å². The van der Waals surface area contributed by atoms with Gasteiger partial charge < -0.3 is 10.1 Å². The number of hydrogen-bond acceptors (Lipinski definition) is 4. The van der Waals surface area contributed by atoms with Gasteiger partial charge in [-0.2, -0.15) is 4.31 Å². The van der Waals surface area contributed by atoms with Crippen LogP contribution in [0, 0.1) is 0 Å². The molecule has 1 aliphatic heterocycles. The van der Waals surface area contributed by atoms with Crippen molar-refractivity contribution in [1.82, 2.24) is 9.62 Å². The summed E-state index contributed by atoms with van der Waals surface area (Å²) in [5.41, 5.74) is 1.18. The summed E-state index contributed by atoms with van der Waals surface area (Å²) < 4.78 is 30.7. The van der Waals surface area contributed by atoms with Gasteiger partial charge in [-0.15, -0.1) is 0 Å². The van der Waals surface area contributed by atoms with Gasteiger partial charge in [-0.25, -0.2) is 8.42 Å². The average molecular weight is 276 g/mol. The second-order valence-electron chi connectivity index (χ2n) is 4.83. The molecule has 0 saturated heterocycles. The fourth-order valence-corrected chi connectivity index (χ4v) is 3.17. The summed E-state index contributed by atoms with van der Waals surface area (Å²) in [5.74, 6) is 0.165. The van der Waals surface area contributed by atoms with Gasteiger partial charge in [0.05, 0.1) is 12.4 Å². The molecule has 0 spiro atoms. The van der Waals surface area contributed by atoms with Crippen molar-refractivity contribution >= 4 is 10.0 Å². The van der Waals surface area contributed by atoms with E-state index in [-0.39, 0.29) is 5.75 Å². The molecule has 0 aromatic carbocycles. The average Bonchev–Trinajstić information content (AvgIpc) is 2.29. The van der Waals surface area contributed by atoms with Crippen LogP contribution in [-0.4, -0.2) is 57.9 Å². The Morgan fingerprint density at radius 1 is 1.50 bits per heavy atom. The van der Waals surface area contributed by atoms with Crippen LogP contribution in [-0.2, 0) is 14.8 Å². The van der Waals surface area contributed by atoms with E-state index >= 15 is 0 Å². The van der Waals surface area contributed by atoms with Crippen LogP contribution >= 0.6 is 0 Å². The summed E-state index contributed by atoms with van der Waals surface area (Å²) in [5, 5.41) is 3.13. The van der Waals surface area contributed by atoms with Crippen molar-refractivity contribution in [3.8, 4) is 0 Å². The number of rotatable bonds is 7. The fourth-order valence-electron chi connectivity index (χ4n) is 1.87. The Morgan fingerprint density at radius 2 is 2.22 bits per heavy atom. The van der Waals surface area contributed by atoms with Gasteiger partial charge in [0.15, 0.2) is 0 Å². The molecule has 0 aliphatic carbocycles. The molecule has 0 unspecified atom stereocenters. The maximum absolute atomic E-state index is 12.1. The Morgan fingerprint density at radius 3 is 2.72 bits per heavy atom. The lowest BCUT2D eigenvalue weighted by Gasteiger charge is -2.25. The van der Waals surface area contributed by atoms with E-state index in [4.69, 9.17) is 4.74 Å². The molecule has 5 nitrogen and oxygen atoms in total. The van der Waals surface area contributed by atoms with E-state index in [2.05, 4.69) is 5.32 Å². The molecule has 0 saturated carbocycles. The number of hydrogen-bond donors (Lipinski definition) is 1. The predicted octanol–water partition coefficient (Wildman–Crippen LogP) is 0.593. The highest BCUT2D eigenvalue weighted by Crippen LogP contribution is 2.14. The predicted molar refractivity (Wildman–Crippen MR) is 73.1 cm³/mol. The highest BCUT2D eigenvalue weighted by atomic mass is 32.2. The minimum atomic E-state index is -3.13. The number of ether oxygens (including phenoxy) is 1. The quantitative estimate of drug-likeness (QED) is 0.692. The van der Waals surface area contributed by atoms with E-state index in [0.29, 0.717) is 32.3 Å². The topological polar surface area (TPSA) is 58.6 Å². The van der Waals surface area contributed by atoms with Crippen molar-refractivity contribution in [3.05, 3.63) is 11.6 Å². The molecule has 1 heterocycles. The molecule has 18 heavy (non-hydrogen) atoms. The molecule has 6 heteroatoms. The SMILES string of the molecule is COCC1=CCN(S(=O)(=O)CCNC(C)C)CC1. The normalized spacial score (nSPS) is 18.1. The third-order valence-corrected chi connectivity index (χ3v) is 4.74. The van der Waals surface area contributed by atoms with Crippen molar-refractivity contribution in [2.24, 2.45) is 0 Å². The van der Waals surface area contributed by atoms with Crippen LogP contribution in [0.25, 0.3) is 0 Å². The standard InChI is InChI=1S/C12H24N2O3S/c1-11(2)13-6-9-18(15,16)14-7-4-12(5-8-14)10-17-3/h4,11,13H,5-10H2,1-3H3. The third-order valence-electron chi connectivity index (χ3n) is 2.90. The second kappa shape index (κ2) is 7.23. The van der Waals surface area contributed by atoms with Crippen LogP contribution in [0.1, 0.15) is 20.3 Å². The molecule has 106 valence electrons. The first-order valence-corrected chi connectivity index (χ1v) is 7.94. The summed E-state index contributed by atoms with van der Waals surface area (Å²) >= 11 is 0. The molecular formula is C12H24N2O3S. The van der Waals surface area contributed by atoms with Crippen LogP contribution in [0.5, 0.6) is 0 Å². The number of sulfonamides is 1. The Balaban J connectivity index is 2.45. The highest BCUT2D eigenvalue weighted by Gasteiger charge is 2.23. The summed E-state index contributed by atoms with van der Waals surface area (Å²) in [4.78, 5) is 0. The molecule has 1 rings (SSSR count). The molecule has 0 atom stereocenters. The Hall–Kier alpha value is -0.430. The van der Waals surface area contributed by atoms with Gasteiger partial charge in [-0.3, -0.25) is 0 Å². The summed E-state index contributed by atoms with van der Waals surface area (Å²) in [6.45, 7) is 6.16. The van der Waals surface area contributed by atoms with Crippen LogP contribution in [0.3, 0.4) is 0 Å². The van der Waals surface area contributed by atoms with Crippen molar-refractivity contribution < 1.29 is 13.2 Å². The molecule has 0 amide bonds. The van der Waals surface area contributed by atoms with E-state index < -0.39 is 10.0 Å². The molecule has 0 radical (unpaired) electrons. The van der Waals surface area contributed by atoms with Crippen molar-refractivity contribution in [2.75, 3.05) is 39.1 Å². The lowest BCUT2D eigenvalue weighted by molar-refractivity contribution is 0.219. The zero-order valence-electron chi connectivity index (χ0n) is 11.5. The van der Waals surface area contributed by atoms with Gasteiger partial charge in [0.1, 0.15) is 0 Å². The third kappa shape index (κ3) is 5.06. The summed E-state index contributed by atoms with van der Waals surface area (Å²) in [7, 11) is -1.48. The van der Waals surface area contributed by atoms with Crippen molar-refractivity contribution in [3.63, 3.8) is 0 Å². The molecule has 0 aromatic heterocycles. The summed E-state index contributed by atoms with van der Waals surface area (Å²) in [6, 6.07) is 0.315. The van der Waals surface area contributed by atoms with Gasteiger partial charge >= 0.3 is 0 Å². The molecule has 1 aliphatic rings. The van der Waals surface area contributed by atoms with Crippen LogP contribution in [0.2, 0.25) is 0 Å². The zero-order chi connectivity index (χ0) is 13.6.